The number of rotatable bonds is 9. The van der Waals surface area contributed by atoms with Gasteiger partial charge in [-0.1, -0.05) is 12.7 Å². The third kappa shape index (κ3) is 8.10. The number of aromatic nitrogens is 2. The Morgan fingerprint density at radius 1 is 1.20 bits per heavy atom. The molecule has 0 aliphatic carbocycles. The zero-order valence-corrected chi connectivity index (χ0v) is 23.6. The number of likely N-dealkylation sites (tertiary alicyclic amines) is 1. The first-order chi connectivity index (χ1) is 19.0. The first-order valence-electron chi connectivity index (χ1n) is 12.9. The monoisotopic (exact) mass is 585 g/mol. The van der Waals surface area contributed by atoms with Crippen LogP contribution in [-0.2, 0) is 20.5 Å². The summed E-state index contributed by atoms with van der Waals surface area (Å²) in [5.41, 5.74) is -0.501. The highest BCUT2D eigenvalue weighted by Gasteiger charge is 2.38. The second-order valence-corrected chi connectivity index (χ2v) is 9.81. The van der Waals surface area contributed by atoms with Gasteiger partial charge in [-0.3, -0.25) is 9.59 Å². The number of carbonyl (C=O) groups excluding carboxylic acids is 2. The SMILES string of the molecule is C=C(Nc1ncc(C(F)(F)F)c(N2CCN(C(=O)CCl)CC2)n1)/C(=C\C(=C/C)C(=O)NC1CCN(C)CC1)OC. The van der Waals surface area contributed by atoms with Gasteiger partial charge in [0.15, 0.2) is 0 Å². The van der Waals surface area contributed by atoms with Gasteiger partial charge >= 0.3 is 6.18 Å². The molecule has 3 rings (SSSR count). The van der Waals surface area contributed by atoms with Gasteiger partial charge in [-0.2, -0.15) is 18.2 Å². The van der Waals surface area contributed by atoms with Crippen LogP contribution < -0.4 is 15.5 Å². The smallest absolute Gasteiger partial charge is 0.421 e. The summed E-state index contributed by atoms with van der Waals surface area (Å²) in [5.74, 6) is -0.998. The number of piperidine rings is 1. The lowest BCUT2D eigenvalue weighted by Gasteiger charge is -2.36. The number of anilines is 2. The number of ether oxygens (including phenoxy) is 1. The Bertz CT molecular complexity index is 1140. The third-order valence-corrected chi connectivity index (χ3v) is 7.04. The highest BCUT2D eigenvalue weighted by molar-refractivity contribution is 6.27. The molecule has 0 atom stereocenters. The fourth-order valence-corrected chi connectivity index (χ4v) is 4.60. The molecular formula is C26H35ClF3N7O3. The number of methoxy groups -OCH3 is 1. The summed E-state index contributed by atoms with van der Waals surface area (Å²) in [6.45, 7) is 8.12. The van der Waals surface area contributed by atoms with Gasteiger partial charge in [0.25, 0.3) is 5.91 Å². The lowest BCUT2D eigenvalue weighted by molar-refractivity contribution is -0.137. The average Bonchev–Trinajstić information content (AvgIpc) is 2.93. The average molecular weight is 586 g/mol. The van der Waals surface area contributed by atoms with Crippen molar-refractivity contribution in [2.45, 2.75) is 32.0 Å². The lowest BCUT2D eigenvalue weighted by Crippen LogP contribution is -2.49. The second-order valence-electron chi connectivity index (χ2n) is 9.54. The highest BCUT2D eigenvalue weighted by Crippen LogP contribution is 2.36. The number of halogens is 4. The second kappa shape index (κ2) is 13.8. The van der Waals surface area contributed by atoms with Crippen molar-refractivity contribution < 1.29 is 27.5 Å². The Labute approximate surface area is 236 Å². The first-order valence-corrected chi connectivity index (χ1v) is 13.4. The van der Waals surface area contributed by atoms with Gasteiger partial charge in [-0.25, -0.2) is 4.98 Å². The van der Waals surface area contributed by atoms with Crippen LogP contribution in [0, 0.1) is 0 Å². The van der Waals surface area contributed by atoms with Crippen molar-refractivity contribution in [3.05, 3.63) is 47.5 Å². The molecule has 3 heterocycles. The van der Waals surface area contributed by atoms with Crippen molar-refractivity contribution >= 4 is 35.2 Å². The molecule has 2 aliphatic rings. The molecule has 0 spiro atoms. The minimum atomic E-state index is -4.69. The van der Waals surface area contributed by atoms with E-state index in [0.717, 1.165) is 25.9 Å². The van der Waals surface area contributed by atoms with E-state index in [1.165, 1.54) is 23.0 Å². The van der Waals surface area contributed by atoms with Crippen LogP contribution in [0.15, 0.2) is 42.0 Å². The van der Waals surface area contributed by atoms with E-state index in [4.69, 9.17) is 16.3 Å². The molecule has 14 heteroatoms. The quantitative estimate of drug-likeness (QED) is 0.197. The molecule has 1 aromatic heterocycles. The summed E-state index contributed by atoms with van der Waals surface area (Å²) in [5, 5.41) is 5.83. The first kappa shape index (κ1) is 31.2. The molecule has 0 saturated carbocycles. The van der Waals surface area contributed by atoms with Crippen molar-refractivity contribution in [2.75, 3.05) is 69.5 Å². The van der Waals surface area contributed by atoms with Crippen LogP contribution in [0.5, 0.6) is 0 Å². The Morgan fingerprint density at radius 2 is 1.85 bits per heavy atom. The van der Waals surface area contributed by atoms with Crippen molar-refractivity contribution in [2.24, 2.45) is 0 Å². The highest BCUT2D eigenvalue weighted by atomic mass is 35.5. The van der Waals surface area contributed by atoms with Gasteiger partial charge in [0.05, 0.1) is 12.8 Å². The van der Waals surface area contributed by atoms with E-state index in [9.17, 15) is 22.8 Å². The third-order valence-electron chi connectivity index (χ3n) is 6.81. The zero-order valence-electron chi connectivity index (χ0n) is 22.9. The van der Waals surface area contributed by atoms with E-state index in [0.29, 0.717) is 11.8 Å². The summed E-state index contributed by atoms with van der Waals surface area (Å²) in [6, 6.07) is 0.0632. The van der Waals surface area contributed by atoms with E-state index in [2.05, 4.69) is 32.1 Å². The summed E-state index contributed by atoms with van der Waals surface area (Å²) in [4.78, 5) is 37.9. The number of nitrogens with zero attached hydrogens (tertiary/aromatic N) is 5. The fourth-order valence-electron chi connectivity index (χ4n) is 4.43. The number of allylic oxidation sites excluding steroid dienone is 1. The predicted octanol–water partition coefficient (Wildman–Crippen LogP) is 3.00. The van der Waals surface area contributed by atoms with E-state index in [-0.39, 0.29) is 73.1 Å². The Hall–Kier alpha value is -3.32. The van der Waals surface area contributed by atoms with Gasteiger partial charge in [-0.05, 0) is 46.0 Å². The van der Waals surface area contributed by atoms with E-state index in [1.807, 2.05) is 7.05 Å². The summed E-state index contributed by atoms with van der Waals surface area (Å²) >= 11 is 5.60. The lowest BCUT2D eigenvalue weighted by atomic mass is 10.0. The maximum atomic E-state index is 13.8. The molecule has 0 bridgehead atoms. The number of alkyl halides is 4. The molecule has 2 N–H and O–H groups in total. The summed E-state index contributed by atoms with van der Waals surface area (Å²) in [6.07, 6.45) is 0.847. The Kier molecular flexibility index (Phi) is 10.8. The Morgan fingerprint density at radius 3 is 2.40 bits per heavy atom. The normalized spacial score (nSPS) is 18.0. The van der Waals surface area contributed by atoms with Crippen LogP contribution in [0.25, 0.3) is 0 Å². The molecule has 2 amide bonds. The van der Waals surface area contributed by atoms with E-state index in [1.54, 1.807) is 13.0 Å². The minimum absolute atomic E-state index is 0.0632. The topological polar surface area (TPSA) is 103 Å². The van der Waals surface area contributed by atoms with Crippen molar-refractivity contribution in [3.8, 4) is 0 Å². The molecule has 2 fully saturated rings. The number of carbonyl (C=O) groups is 2. The van der Waals surface area contributed by atoms with Crippen LogP contribution in [0.3, 0.4) is 0 Å². The fraction of sp³-hybridized carbons (Fsp3) is 0.538. The van der Waals surface area contributed by atoms with Gasteiger partial charge in [-0.15, -0.1) is 11.6 Å². The van der Waals surface area contributed by atoms with Gasteiger partial charge in [0.2, 0.25) is 11.9 Å². The van der Waals surface area contributed by atoms with Gasteiger partial charge in [0, 0.05) is 44.0 Å². The molecule has 0 aromatic carbocycles. The number of amides is 2. The van der Waals surface area contributed by atoms with Crippen LogP contribution in [0.1, 0.15) is 25.3 Å². The number of hydrogen-bond acceptors (Lipinski definition) is 8. The van der Waals surface area contributed by atoms with Crippen LogP contribution in [0.4, 0.5) is 24.9 Å². The Balaban J connectivity index is 1.76. The zero-order chi connectivity index (χ0) is 29.4. The molecule has 0 unspecified atom stereocenters. The van der Waals surface area contributed by atoms with E-state index < -0.39 is 11.7 Å². The van der Waals surface area contributed by atoms with Crippen molar-refractivity contribution in [3.63, 3.8) is 0 Å². The largest absolute Gasteiger partial charge is 0.495 e. The molecular weight excluding hydrogens is 551 g/mol. The van der Waals surface area contributed by atoms with E-state index >= 15 is 0 Å². The molecule has 1 aromatic rings. The van der Waals surface area contributed by atoms with Crippen molar-refractivity contribution in [1.82, 2.24) is 25.1 Å². The standard InChI is InChI=1S/C26H35ClF3N7O3/c1-5-18(24(39)33-19-6-8-35(3)9-7-19)14-21(40-4)17(2)32-25-31-16-20(26(28,29)30)23(34-25)37-12-10-36(11-13-37)22(38)15-27/h5,14,16,19H,2,6-13,15H2,1,3-4H3,(H,33,39)(H,31,32,34)/b18-5+,21-14+. The van der Waals surface area contributed by atoms with Crippen LogP contribution in [0.2, 0.25) is 0 Å². The van der Waals surface area contributed by atoms with Gasteiger partial charge in [0.1, 0.15) is 23.0 Å². The molecule has 0 radical (unpaired) electrons. The molecule has 10 nitrogen and oxygen atoms in total. The number of hydrogen-bond donors (Lipinski definition) is 2. The summed E-state index contributed by atoms with van der Waals surface area (Å²) < 4.78 is 46.8. The van der Waals surface area contributed by atoms with Crippen molar-refractivity contribution in [1.29, 1.82) is 0 Å². The number of nitrogens with one attached hydrogen (secondary N) is 2. The molecule has 40 heavy (non-hydrogen) atoms. The molecule has 220 valence electrons. The van der Waals surface area contributed by atoms with Gasteiger partial charge < -0.3 is 30.1 Å². The maximum Gasteiger partial charge on any atom is 0.421 e. The maximum absolute atomic E-state index is 13.8. The van der Waals surface area contributed by atoms with Crippen LogP contribution in [-0.4, -0.2) is 96.9 Å². The molecule has 2 saturated heterocycles. The minimum Gasteiger partial charge on any atom is -0.495 e. The molecule has 2 aliphatic heterocycles. The summed E-state index contributed by atoms with van der Waals surface area (Å²) in [7, 11) is 3.43. The predicted molar refractivity (Wildman–Crippen MR) is 147 cm³/mol. The van der Waals surface area contributed by atoms with Crippen LogP contribution >= 0.6 is 11.6 Å². The number of piperazine rings is 1.